The van der Waals surface area contributed by atoms with Crippen LogP contribution < -0.4 is 16.0 Å². The molecule has 9 nitrogen and oxygen atoms in total. The van der Waals surface area contributed by atoms with Crippen molar-refractivity contribution in [2.24, 2.45) is 11.3 Å². The van der Waals surface area contributed by atoms with Gasteiger partial charge in [0, 0.05) is 18.5 Å². The first-order valence-corrected chi connectivity index (χ1v) is 11.4. The van der Waals surface area contributed by atoms with Crippen molar-refractivity contribution in [3.63, 3.8) is 0 Å². The molecule has 0 radical (unpaired) electrons. The highest BCUT2D eigenvalue weighted by Gasteiger charge is 2.53. The van der Waals surface area contributed by atoms with Gasteiger partial charge in [-0.3, -0.25) is 19.3 Å². The van der Waals surface area contributed by atoms with Crippen molar-refractivity contribution in [2.45, 2.75) is 58.4 Å². The lowest BCUT2D eigenvalue weighted by Gasteiger charge is -2.42. The van der Waals surface area contributed by atoms with Crippen LogP contribution in [0.25, 0.3) is 0 Å². The molecule has 0 unspecified atom stereocenters. The molecule has 1 aliphatic heterocycles. The number of amides is 5. The van der Waals surface area contributed by atoms with Gasteiger partial charge in [0.25, 0.3) is 5.91 Å². The van der Waals surface area contributed by atoms with Crippen LogP contribution in [-0.4, -0.2) is 54.5 Å². The van der Waals surface area contributed by atoms with E-state index in [4.69, 9.17) is 4.74 Å². The Bertz CT molecular complexity index is 904. The third kappa shape index (κ3) is 5.52. The molecule has 5 amide bonds. The molecule has 0 aromatic heterocycles. The first-order valence-electron chi connectivity index (χ1n) is 11.4. The highest BCUT2D eigenvalue weighted by Crippen LogP contribution is 2.45. The van der Waals surface area contributed by atoms with Gasteiger partial charge in [-0.2, -0.15) is 0 Å². The fourth-order valence-corrected chi connectivity index (χ4v) is 4.65. The SMILES string of the molecule is CCC(C)(C)C1CCC2(CC1)NC(=O)N(CC(=O)Nc1ccc(NC(=O)COC)cc1)C2=O. The van der Waals surface area contributed by atoms with E-state index in [1.807, 2.05) is 0 Å². The zero-order valence-electron chi connectivity index (χ0n) is 19.8. The molecule has 1 aromatic rings. The molecular formula is C24H34N4O5. The molecule has 2 aliphatic rings. The Morgan fingerprint density at radius 1 is 1.09 bits per heavy atom. The van der Waals surface area contributed by atoms with Crippen LogP contribution in [0.3, 0.4) is 0 Å². The van der Waals surface area contributed by atoms with E-state index in [2.05, 4.69) is 36.7 Å². The zero-order chi connectivity index (χ0) is 24.2. The molecule has 1 aromatic carbocycles. The Kier molecular flexibility index (Phi) is 7.41. The number of ether oxygens (including phenoxy) is 1. The molecule has 33 heavy (non-hydrogen) atoms. The van der Waals surface area contributed by atoms with Gasteiger partial charge in [-0.05, 0) is 61.3 Å². The lowest BCUT2D eigenvalue weighted by molar-refractivity contribution is -0.135. The Balaban J connectivity index is 1.56. The molecule has 2 fully saturated rings. The number of imide groups is 1. The summed E-state index contributed by atoms with van der Waals surface area (Å²) in [6.07, 6.45) is 4.01. The Morgan fingerprint density at radius 2 is 1.64 bits per heavy atom. The van der Waals surface area contributed by atoms with Crippen molar-refractivity contribution in [1.29, 1.82) is 0 Å². The number of urea groups is 1. The Morgan fingerprint density at radius 3 is 2.15 bits per heavy atom. The summed E-state index contributed by atoms with van der Waals surface area (Å²) in [6, 6.07) is 6.03. The van der Waals surface area contributed by atoms with Gasteiger partial charge in [0.1, 0.15) is 18.7 Å². The van der Waals surface area contributed by atoms with E-state index < -0.39 is 17.5 Å². The minimum absolute atomic E-state index is 0.0527. The van der Waals surface area contributed by atoms with E-state index in [0.29, 0.717) is 30.1 Å². The van der Waals surface area contributed by atoms with Crippen molar-refractivity contribution in [1.82, 2.24) is 10.2 Å². The van der Waals surface area contributed by atoms with Crippen molar-refractivity contribution < 1.29 is 23.9 Å². The van der Waals surface area contributed by atoms with Crippen LogP contribution >= 0.6 is 0 Å². The molecule has 3 N–H and O–H groups in total. The van der Waals surface area contributed by atoms with Crippen LogP contribution in [0.15, 0.2) is 24.3 Å². The van der Waals surface area contributed by atoms with E-state index in [1.54, 1.807) is 24.3 Å². The quantitative estimate of drug-likeness (QED) is 0.518. The highest BCUT2D eigenvalue weighted by atomic mass is 16.5. The number of benzene rings is 1. The molecule has 1 aliphatic carbocycles. The fourth-order valence-electron chi connectivity index (χ4n) is 4.65. The molecule has 3 rings (SSSR count). The monoisotopic (exact) mass is 458 g/mol. The average molecular weight is 459 g/mol. The van der Waals surface area contributed by atoms with Crippen LogP contribution in [0, 0.1) is 11.3 Å². The van der Waals surface area contributed by atoms with Crippen LogP contribution in [0.2, 0.25) is 0 Å². The predicted octanol–water partition coefficient (Wildman–Crippen LogP) is 3.13. The van der Waals surface area contributed by atoms with E-state index in [1.165, 1.54) is 7.11 Å². The molecule has 0 atom stereocenters. The topological polar surface area (TPSA) is 117 Å². The Labute approximate surface area is 194 Å². The van der Waals surface area contributed by atoms with Crippen LogP contribution in [0.5, 0.6) is 0 Å². The van der Waals surface area contributed by atoms with Gasteiger partial charge in [0.15, 0.2) is 0 Å². The number of carbonyl (C=O) groups is 4. The summed E-state index contributed by atoms with van der Waals surface area (Å²) in [7, 11) is 1.43. The summed E-state index contributed by atoms with van der Waals surface area (Å²) in [4.78, 5) is 50.8. The molecule has 1 saturated carbocycles. The average Bonchev–Trinajstić information content (AvgIpc) is 2.99. The summed E-state index contributed by atoms with van der Waals surface area (Å²) in [5.41, 5.74) is 0.371. The first kappa shape index (κ1) is 24.7. The lowest BCUT2D eigenvalue weighted by Crippen LogP contribution is -2.51. The van der Waals surface area contributed by atoms with Crippen LogP contribution in [0.4, 0.5) is 16.2 Å². The number of nitrogens with zero attached hydrogens (tertiary/aromatic N) is 1. The number of nitrogens with one attached hydrogen (secondary N) is 3. The third-order valence-corrected chi connectivity index (χ3v) is 7.13. The van der Waals surface area contributed by atoms with Gasteiger partial charge < -0.3 is 20.7 Å². The second-order valence-corrected chi connectivity index (χ2v) is 9.63. The Hall–Kier alpha value is -2.94. The second-order valence-electron chi connectivity index (χ2n) is 9.63. The number of hydrogen-bond donors (Lipinski definition) is 3. The summed E-state index contributed by atoms with van der Waals surface area (Å²) in [5, 5.41) is 8.22. The molecule has 1 spiro atoms. The molecule has 1 saturated heterocycles. The van der Waals surface area contributed by atoms with Gasteiger partial charge in [0.2, 0.25) is 11.8 Å². The second kappa shape index (κ2) is 9.91. The third-order valence-electron chi connectivity index (χ3n) is 7.13. The van der Waals surface area contributed by atoms with Gasteiger partial charge in [-0.15, -0.1) is 0 Å². The predicted molar refractivity (Wildman–Crippen MR) is 125 cm³/mol. The molecule has 0 bridgehead atoms. The maximum Gasteiger partial charge on any atom is 0.325 e. The van der Waals surface area contributed by atoms with Crippen LogP contribution in [0.1, 0.15) is 52.9 Å². The van der Waals surface area contributed by atoms with Crippen molar-refractivity contribution in [2.75, 3.05) is 30.9 Å². The fraction of sp³-hybridized carbons (Fsp3) is 0.583. The van der Waals surface area contributed by atoms with E-state index >= 15 is 0 Å². The minimum atomic E-state index is -0.889. The molecule has 1 heterocycles. The number of hydrogen-bond acceptors (Lipinski definition) is 5. The maximum atomic E-state index is 13.1. The van der Waals surface area contributed by atoms with Gasteiger partial charge in [0.05, 0.1) is 0 Å². The van der Waals surface area contributed by atoms with Crippen molar-refractivity contribution in [3.8, 4) is 0 Å². The van der Waals surface area contributed by atoms with Gasteiger partial charge in [-0.25, -0.2) is 4.79 Å². The first-order chi connectivity index (χ1) is 15.6. The number of anilines is 2. The molecule has 9 heteroatoms. The van der Waals surface area contributed by atoms with Crippen LogP contribution in [-0.2, 0) is 19.1 Å². The van der Waals surface area contributed by atoms with Crippen molar-refractivity contribution >= 4 is 35.1 Å². The number of rotatable bonds is 8. The molecule has 180 valence electrons. The lowest BCUT2D eigenvalue weighted by atomic mass is 9.65. The summed E-state index contributed by atoms with van der Waals surface area (Å²) in [6.45, 7) is 6.28. The number of methoxy groups -OCH3 is 1. The van der Waals surface area contributed by atoms with Gasteiger partial charge in [-0.1, -0.05) is 27.2 Å². The largest absolute Gasteiger partial charge is 0.375 e. The van der Waals surface area contributed by atoms with E-state index in [9.17, 15) is 19.2 Å². The summed E-state index contributed by atoms with van der Waals surface area (Å²) >= 11 is 0. The van der Waals surface area contributed by atoms with Gasteiger partial charge >= 0.3 is 6.03 Å². The zero-order valence-corrected chi connectivity index (χ0v) is 19.8. The highest BCUT2D eigenvalue weighted by molar-refractivity contribution is 6.10. The summed E-state index contributed by atoms with van der Waals surface area (Å²) < 4.78 is 4.77. The number of carbonyl (C=O) groups excluding carboxylic acids is 4. The van der Waals surface area contributed by atoms with Crippen molar-refractivity contribution in [3.05, 3.63) is 24.3 Å². The van der Waals surface area contributed by atoms with E-state index in [-0.39, 0.29) is 30.4 Å². The molecular weight excluding hydrogens is 424 g/mol. The summed E-state index contributed by atoms with van der Waals surface area (Å²) in [5.74, 6) is -0.550. The standard InChI is InChI=1S/C24H34N4O5/c1-5-23(2,3)16-10-12-24(13-11-16)21(31)28(22(32)27-24)14-19(29)25-17-6-8-18(9-7-17)26-20(30)15-33-4/h6-9,16H,5,10-15H2,1-4H3,(H,25,29)(H,26,30)(H,27,32). The van der Waals surface area contributed by atoms with E-state index in [0.717, 1.165) is 24.2 Å². The minimum Gasteiger partial charge on any atom is -0.375 e. The normalized spacial score (nSPS) is 22.9. The maximum absolute atomic E-state index is 13.1. The smallest absolute Gasteiger partial charge is 0.325 e.